The molecular formula is C44H34N2. The zero-order chi connectivity index (χ0) is 31.2. The zero-order valence-electron chi connectivity index (χ0n) is 26.2. The van der Waals surface area contributed by atoms with Crippen LogP contribution in [0.4, 0.5) is 17.1 Å². The lowest BCUT2D eigenvalue weighted by atomic mass is 9.87. The second-order valence-corrected chi connectivity index (χ2v) is 11.9. The fourth-order valence-electron chi connectivity index (χ4n) is 7.27. The van der Waals surface area contributed by atoms with Gasteiger partial charge < -0.3 is 4.90 Å². The summed E-state index contributed by atoms with van der Waals surface area (Å²) in [6, 6.07) is 48.5. The molecule has 0 saturated carbocycles. The Kier molecular flexibility index (Phi) is 6.84. The van der Waals surface area contributed by atoms with E-state index in [-0.39, 0.29) is 0 Å². The standard InChI is InChI=1S/C44H34N2/c1-4-29-26-39(37-15-9-8-14-36(37)34(29)5-2)32-20-18-30(19-21-32)33-23-25-43-40(27-33)38-24-22-31-12-6-7-13-35(31)41(38)28-46(43)44-17-11-10-16-42(44)45-3/h4-27H,3,28H2,1-2H3/b29-4-,34-5+. The monoisotopic (exact) mass is 590 g/mol. The van der Waals surface area contributed by atoms with Gasteiger partial charge in [0.05, 0.1) is 11.4 Å². The van der Waals surface area contributed by atoms with Gasteiger partial charge in [0.25, 0.3) is 0 Å². The summed E-state index contributed by atoms with van der Waals surface area (Å²) in [6.45, 7) is 8.88. The van der Waals surface area contributed by atoms with Crippen molar-refractivity contribution in [3.63, 3.8) is 0 Å². The van der Waals surface area contributed by atoms with Crippen molar-refractivity contribution < 1.29 is 0 Å². The van der Waals surface area contributed by atoms with Gasteiger partial charge >= 0.3 is 0 Å². The number of fused-ring (bicyclic) bond motifs is 6. The molecule has 0 unspecified atom stereocenters. The van der Waals surface area contributed by atoms with Crippen molar-refractivity contribution in [1.82, 2.24) is 0 Å². The number of rotatable bonds is 4. The van der Waals surface area contributed by atoms with Gasteiger partial charge in [-0.3, -0.25) is 4.99 Å². The van der Waals surface area contributed by atoms with E-state index in [0.29, 0.717) is 0 Å². The molecule has 2 nitrogen and oxygen atoms in total. The highest BCUT2D eigenvalue weighted by molar-refractivity contribution is 6.00. The lowest BCUT2D eigenvalue weighted by Crippen LogP contribution is -2.25. The van der Waals surface area contributed by atoms with Crippen molar-refractivity contribution >= 4 is 57.5 Å². The smallest absolute Gasteiger partial charge is 0.0859 e. The van der Waals surface area contributed by atoms with Crippen molar-refractivity contribution in [2.24, 2.45) is 4.99 Å². The largest absolute Gasteiger partial charge is 0.335 e. The molecular weight excluding hydrogens is 556 g/mol. The van der Waals surface area contributed by atoms with Gasteiger partial charge in [0.2, 0.25) is 0 Å². The predicted octanol–water partition coefficient (Wildman–Crippen LogP) is 10.6. The van der Waals surface area contributed by atoms with Gasteiger partial charge in [0.15, 0.2) is 0 Å². The normalized spacial score (nSPS) is 13.2. The highest BCUT2D eigenvalue weighted by Gasteiger charge is 2.26. The minimum Gasteiger partial charge on any atom is -0.335 e. The average molecular weight is 591 g/mol. The van der Waals surface area contributed by atoms with Crippen LogP contribution in [-0.2, 0) is 6.54 Å². The van der Waals surface area contributed by atoms with Crippen molar-refractivity contribution in [3.8, 4) is 33.4 Å². The molecule has 0 atom stereocenters. The predicted molar refractivity (Wildman–Crippen MR) is 199 cm³/mol. The molecule has 7 aromatic rings. The molecule has 0 radical (unpaired) electrons. The third-order valence-electron chi connectivity index (χ3n) is 9.52. The van der Waals surface area contributed by atoms with Gasteiger partial charge in [-0.05, 0) is 116 Å². The van der Waals surface area contributed by atoms with E-state index in [2.05, 4.69) is 164 Å². The van der Waals surface area contributed by atoms with Crippen LogP contribution in [-0.4, -0.2) is 6.72 Å². The van der Waals surface area contributed by atoms with Crippen molar-refractivity contribution in [3.05, 3.63) is 149 Å². The van der Waals surface area contributed by atoms with Crippen LogP contribution in [0.25, 0.3) is 67.1 Å². The van der Waals surface area contributed by atoms with Crippen molar-refractivity contribution in [1.29, 1.82) is 0 Å². The molecule has 1 heterocycles. The number of aliphatic imine (C=N–C) groups is 1. The lowest BCUT2D eigenvalue weighted by molar-refractivity contribution is 0.970. The van der Waals surface area contributed by atoms with Crippen LogP contribution in [0.3, 0.4) is 0 Å². The summed E-state index contributed by atoms with van der Waals surface area (Å²) >= 11 is 0. The Hall–Kier alpha value is -5.73. The number of hydrogen-bond donors (Lipinski definition) is 0. The molecule has 0 spiro atoms. The van der Waals surface area contributed by atoms with E-state index in [1.165, 1.54) is 76.6 Å². The highest BCUT2D eigenvalue weighted by Crippen LogP contribution is 2.48. The summed E-state index contributed by atoms with van der Waals surface area (Å²) in [7, 11) is 0. The maximum atomic E-state index is 4.38. The molecule has 2 heteroatoms. The first kappa shape index (κ1) is 27.8. The van der Waals surface area contributed by atoms with Crippen molar-refractivity contribution in [2.75, 3.05) is 4.90 Å². The molecule has 1 aliphatic heterocycles. The van der Waals surface area contributed by atoms with Gasteiger partial charge in [-0.1, -0.05) is 115 Å². The van der Waals surface area contributed by atoms with E-state index < -0.39 is 0 Å². The summed E-state index contributed by atoms with van der Waals surface area (Å²) in [5.74, 6) is 0. The molecule has 0 aromatic heterocycles. The van der Waals surface area contributed by atoms with Crippen LogP contribution < -0.4 is 15.3 Å². The summed E-state index contributed by atoms with van der Waals surface area (Å²) in [5, 5.41) is 7.67. The van der Waals surface area contributed by atoms with Crippen LogP contribution in [0.5, 0.6) is 0 Å². The Morgan fingerprint density at radius 3 is 2.04 bits per heavy atom. The Bertz CT molecular complexity index is 2430. The van der Waals surface area contributed by atoms with Crippen molar-refractivity contribution in [2.45, 2.75) is 20.4 Å². The highest BCUT2D eigenvalue weighted by atomic mass is 15.2. The third-order valence-corrected chi connectivity index (χ3v) is 9.52. The third kappa shape index (κ3) is 4.45. The van der Waals surface area contributed by atoms with E-state index in [9.17, 15) is 0 Å². The van der Waals surface area contributed by atoms with Gasteiger partial charge in [-0.25, -0.2) is 0 Å². The average Bonchev–Trinajstić information content (AvgIpc) is 3.13. The summed E-state index contributed by atoms with van der Waals surface area (Å²) in [4.78, 5) is 6.77. The van der Waals surface area contributed by atoms with Crippen LogP contribution in [0, 0.1) is 0 Å². The minimum absolute atomic E-state index is 0.768. The van der Waals surface area contributed by atoms with Gasteiger partial charge in [0, 0.05) is 17.8 Å². The second-order valence-electron chi connectivity index (χ2n) is 11.9. The first-order chi connectivity index (χ1) is 22.7. The fraction of sp³-hybridized carbons (Fsp3) is 0.0682. The van der Waals surface area contributed by atoms with Crippen LogP contribution in [0.1, 0.15) is 19.4 Å². The molecule has 7 aromatic carbocycles. The minimum atomic E-state index is 0.768. The molecule has 0 bridgehead atoms. The summed E-state index contributed by atoms with van der Waals surface area (Å²) in [5.41, 5.74) is 11.9. The molecule has 0 aliphatic carbocycles. The van der Waals surface area contributed by atoms with E-state index in [0.717, 1.165) is 17.9 Å². The van der Waals surface area contributed by atoms with E-state index >= 15 is 0 Å². The summed E-state index contributed by atoms with van der Waals surface area (Å²) < 4.78 is 0. The molecule has 0 amide bonds. The maximum Gasteiger partial charge on any atom is 0.0859 e. The van der Waals surface area contributed by atoms with Crippen LogP contribution in [0.2, 0.25) is 0 Å². The van der Waals surface area contributed by atoms with Crippen LogP contribution in [0.15, 0.2) is 138 Å². The van der Waals surface area contributed by atoms with Crippen LogP contribution >= 0.6 is 0 Å². The number of anilines is 2. The second kappa shape index (κ2) is 11.3. The molecule has 220 valence electrons. The van der Waals surface area contributed by atoms with E-state index in [1.54, 1.807) is 0 Å². The quantitative estimate of drug-likeness (QED) is 0.186. The maximum absolute atomic E-state index is 4.38. The number of benzene rings is 7. The van der Waals surface area contributed by atoms with Gasteiger partial charge in [-0.2, -0.15) is 0 Å². The molecule has 46 heavy (non-hydrogen) atoms. The number of nitrogens with zero attached hydrogens (tertiary/aromatic N) is 2. The number of hydrogen-bond acceptors (Lipinski definition) is 2. The SMILES string of the molecule is C=Nc1ccccc1N1Cc2c(ccc3ccccc23)-c2cc(-c3ccc(-c4cc(=C/C)/c(=C\C)c5ccccc45)cc3)ccc21. The first-order valence-corrected chi connectivity index (χ1v) is 15.9. The van der Waals surface area contributed by atoms with E-state index in [4.69, 9.17) is 0 Å². The molecule has 0 saturated heterocycles. The van der Waals surface area contributed by atoms with E-state index in [1.807, 2.05) is 12.1 Å². The summed E-state index contributed by atoms with van der Waals surface area (Å²) in [6.07, 6.45) is 4.43. The fourth-order valence-corrected chi connectivity index (χ4v) is 7.27. The Labute approximate surface area is 269 Å². The Morgan fingerprint density at radius 2 is 1.26 bits per heavy atom. The lowest BCUT2D eigenvalue weighted by Gasteiger charge is -2.34. The van der Waals surface area contributed by atoms with Gasteiger partial charge in [-0.15, -0.1) is 0 Å². The first-order valence-electron chi connectivity index (χ1n) is 15.9. The number of para-hydroxylation sites is 2. The molecule has 0 fully saturated rings. The molecule has 0 N–H and O–H groups in total. The van der Waals surface area contributed by atoms with Gasteiger partial charge in [0.1, 0.15) is 0 Å². The topological polar surface area (TPSA) is 15.6 Å². The molecule has 8 rings (SSSR count). The zero-order valence-corrected chi connectivity index (χ0v) is 26.2. The Morgan fingerprint density at radius 1 is 0.565 bits per heavy atom. The molecule has 1 aliphatic rings. The Balaban J connectivity index is 1.27.